The summed E-state index contributed by atoms with van der Waals surface area (Å²) >= 11 is 0. The molecule has 2 N–H and O–H groups in total. The molecule has 1 fully saturated rings. The van der Waals surface area contributed by atoms with Crippen LogP contribution in [0.1, 0.15) is 23.2 Å². The van der Waals surface area contributed by atoms with Gasteiger partial charge < -0.3 is 20.1 Å². The van der Waals surface area contributed by atoms with Crippen molar-refractivity contribution in [1.82, 2.24) is 14.8 Å². The highest BCUT2D eigenvalue weighted by atomic mass is 16.5. The maximum absolute atomic E-state index is 12.8. The van der Waals surface area contributed by atoms with Crippen LogP contribution < -0.4 is 15.4 Å². The number of anilines is 2. The lowest BCUT2D eigenvalue weighted by molar-refractivity contribution is 0.0903. The summed E-state index contributed by atoms with van der Waals surface area (Å²) in [5.41, 5.74) is 0.436. The van der Waals surface area contributed by atoms with E-state index in [1.54, 1.807) is 36.1 Å². The fraction of sp³-hybridized carbons (Fsp3) is 0.286. The van der Waals surface area contributed by atoms with Crippen LogP contribution >= 0.6 is 0 Å². The van der Waals surface area contributed by atoms with Gasteiger partial charge in [-0.1, -0.05) is 18.2 Å². The van der Waals surface area contributed by atoms with Gasteiger partial charge in [0, 0.05) is 50.2 Å². The number of carbonyl (C=O) groups excluding carboxylic acids is 1. The van der Waals surface area contributed by atoms with Crippen molar-refractivity contribution in [3.8, 4) is 11.6 Å². The quantitative estimate of drug-likeness (QED) is 0.667. The number of nitrogens with one attached hydrogen (secondary N) is 2. The van der Waals surface area contributed by atoms with Crippen molar-refractivity contribution in [2.75, 3.05) is 23.8 Å². The largest absolute Gasteiger partial charge is 0.439 e. The van der Waals surface area contributed by atoms with Gasteiger partial charge in [0.25, 0.3) is 5.91 Å². The normalized spacial score (nSPS) is 14.4. The van der Waals surface area contributed by atoms with Crippen molar-refractivity contribution in [1.29, 1.82) is 0 Å². The van der Waals surface area contributed by atoms with Gasteiger partial charge in [0.1, 0.15) is 11.6 Å². The van der Waals surface area contributed by atoms with Gasteiger partial charge in [-0.2, -0.15) is 10.1 Å². The minimum atomic E-state index is -0.279. The highest BCUT2D eigenvalue weighted by Crippen LogP contribution is 2.24. The summed E-state index contributed by atoms with van der Waals surface area (Å²) in [6.07, 6.45) is 3.55. The summed E-state index contributed by atoms with van der Waals surface area (Å²) in [5, 5.41) is 10.4. The molecule has 0 radical (unpaired) electrons. The van der Waals surface area contributed by atoms with Gasteiger partial charge in [-0.3, -0.25) is 9.48 Å². The topological polar surface area (TPSA) is 90.3 Å². The Labute approximate surface area is 168 Å². The molecule has 0 atom stereocenters. The second kappa shape index (κ2) is 8.74. The second-order valence-corrected chi connectivity index (χ2v) is 6.85. The predicted molar refractivity (Wildman–Crippen MR) is 109 cm³/mol. The van der Waals surface area contributed by atoms with Crippen LogP contribution in [0.15, 0.2) is 54.7 Å². The molecular weight excluding hydrogens is 370 g/mol. The van der Waals surface area contributed by atoms with Crippen molar-refractivity contribution < 1.29 is 14.3 Å². The summed E-state index contributed by atoms with van der Waals surface area (Å²) in [6, 6.07) is 14.7. The van der Waals surface area contributed by atoms with Crippen LogP contribution in [0.3, 0.4) is 0 Å². The molecule has 29 heavy (non-hydrogen) atoms. The molecule has 2 aromatic heterocycles. The molecular formula is C21H23N5O3. The molecule has 3 aromatic rings. The van der Waals surface area contributed by atoms with Gasteiger partial charge in [0.05, 0.1) is 0 Å². The molecule has 3 heterocycles. The van der Waals surface area contributed by atoms with E-state index >= 15 is 0 Å². The van der Waals surface area contributed by atoms with Gasteiger partial charge in [-0.25, -0.2) is 0 Å². The Morgan fingerprint density at radius 3 is 2.66 bits per heavy atom. The second-order valence-electron chi connectivity index (χ2n) is 6.85. The number of aryl methyl sites for hydroxylation is 1. The molecule has 8 nitrogen and oxygen atoms in total. The lowest BCUT2D eigenvalue weighted by Crippen LogP contribution is -2.28. The lowest BCUT2D eigenvalue weighted by atomic mass is 10.1. The van der Waals surface area contributed by atoms with E-state index < -0.39 is 0 Å². The number of pyridine rings is 1. The Kier molecular flexibility index (Phi) is 5.71. The highest BCUT2D eigenvalue weighted by molar-refractivity contribution is 6.04. The first-order valence-electron chi connectivity index (χ1n) is 9.56. The van der Waals surface area contributed by atoms with E-state index in [0.29, 0.717) is 42.0 Å². The molecule has 1 aliphatic heterocycles. The summed E-state index contributed by atoms with van der Waals surface area (Å²) in [5.74, 6) is 1.80. The molecule has 0 spiro atoms. The zero-order valence-corrected chi connectivity index (χ0v) is 16.2. The van der Waals surface area contributed by atoms with E-state index in [1.807, 2.05) is 30.3 Å². The Hall–Kier alpha value is -3.39. The summed E-state index contributed by atoms with van der Waals surface area (Å²) < 4.78 is 12.9. The van der Waals surface area contributed by atoms with Crippen LogP contribution in [0.5, 0.6) is 11.6 Å². The number of benzene rings is 1. The number of carbonyl (C=O) groups is 1. The van der Waals surface area contributed by atoms with Gasteiger partial charge in [0.15, 0.2) is 5.82 Å². The van der Waals surface area contributed by atoms with Crippen molar-refractivity contribution in [3.63, 3.8) is 0 Å². The number of hydrogen-bond acceptors (Lipinski definition) is 6. The maximum atomic E-state index is 12.8. The summed E-state index contributed by atoms with van der Waals surface area (Å²) in [7, 11) is 1.80. The molecule has 0 aliphatic carbocycles. The first kappa shape index (κ1) is 18.9. The fourth-order valence-electron chi connectivity index (χ4n) is 3.09. The van der Waals surface area contributed by atoms with Crippen molar-refractivity contribution in [3.05, 3.63) is 60.3 Å². The third kappa shape index (κ3) is 5.11. The first-order chi connectivity index (χ1) is 14.2. The smallest absolute Gasteiger partial charge is 0.257 e. The van der Waals surface area contributed by atoms with Gasteiger partial charge in [-0.15, -0.1) is 0 Å². The summed E-state index contributed by atoms with van der Waals surface area (Å²) in [4.78, 5) is 17.3. The Morgan fingerprint density at radius 1 is 1.14 bits per heavy atom. The van der Waals surface area contributed by atoms with Crippen molar-refractivity contribution in [2.45, 2.75) is 18.9 Å². The van der Waals surface area contributed by atoms with E-state index in [1.165, 1.54) is 0 Å². The van der Waals surface area contributed by atoms with Crippen LogP contribution in [0.2, 0.25) is 0 Å². The van der Waals surface area contributed by atoms with E-state index in [2.05, 4.69) is 20.7 Å². The van der Waals surface area contributed by atoms with Crippen LogP contribution in [-0.4, -0.2) is 39.9 Å². The monoisotopic (exact) mass is 393 g/mol. The van der Waals surface area contributed by atoms with E-state index in [9.17, 15) is 4.79 Å². The standard InChI is InChI=1S/C21H23N5O3/c1-26-10-7-18(25-26)24-21(27)15-13-19(22-16-8-11-28-12-9-16)23-20(14-15)29-17-5-3-2-4-6-17/h2-7,10,13-14,16H,8-9,11-12H2,1H3,(H,22,23)(H,24,25,27). The zero-order valence-electron chi connectivity index (χ0n) is 16.2. The van der Waals surface area contributed by atoms with E-state index in [-0.39, 0.29) is 11.9 Å². The Balaban J connectivity index is 1.58. The zero-order chi connectivity index (χ0) is 20.1. The molecule has 0 unspecified atom stereocenters. The average molecular weight is 393 g/mol. The van der Waals surface area contributed by atoms with Crippen LogP contribution in [-0.2, 0) is 11.8 Å². The molecule has 0 bridgehead atoms. The van der Waals surface area contributed by atoms with Crippen LogP contribution in [0.4, 0.5) is 11.6 Å². The number of hydrogen-bond donors (Lipinski definition) is 2. The van der Waals surface area contributed by atoms with Crippen LogP contribution in [0.25, 0.3) is 0 Å². The minimum absolute atomic E-state index is 0.245. The van der Waals surface area contributed by atoms with Gasteiger partial charge in [0.2, 0.25) is 5.88 Å². The Morgan fingerprint density at radius 2 is 1.93 bits per heavy atom. The van der Waals surface area contributed by atoms with E-state index in [0.717, 1.165) is 12.8 Å². The fourth-order valence-corrected chi connectivity index (χ4v) is 3.09. The minimum Gasteiger partial charge on any atom is -0.439 e. The predicted octanol–water partition coefficient (Wildman–Crippen LogP) is 3.45. The number of para-hydroxylation sites is 1. The molecule has 150 valence electrons. The molecule has 1 aliphatic rings. The number of aromatic nitrogens is 3. The number of nitrogens with zero attached hydrogens (tertiary/aromatic N) is 3. The Bertz CT molecular complexity index is 967. The number of rotatable bonds is 6. The average Bonchev–Trinajstić information content (AvgIpc) is 3.14. The SMILES string of the molecule is Cn1ccc(NC(=O)c2cc(NC3CCOCC3)nc(Oc3ccccc3)c2)n1. The molecule has 1 saturated heterocycles. The van der Waals surface area contributed by atoms with E-state index in [4.69, 9.17) is 9.47 Å². The van der Waals surface area contributed by atoms with Gasteiger partial charge >= 0.3 is 0 Å². The molecule has 1 aromatic carbocycles. The highest BCUT2D eigenvalue weighted by Gasteiger charge is 2.17. The molecule has 1 amide bonds. The maximum Gasteiger partial charge on any atom is 0.257 e. The summed E-state index contributed by atoms with van der Waals surface area (Å²) in [6.45, 7) is 1.43. The number of ether oxygens (including phenoxy) is 2. The molecule has 4 rings (SSSR count). The van der Waals surface area contributed by atoms with Crippen molar-refractivity contribution in [2.24, 2.45) is 7.05 Å². The van der Waals surface area contributed by atoms with Crippen LogP contribution in [0, 0.1) is 0 Å². The first-order valence-corrected chi connectivity index (χ1v) is 9.56. The molecule has 8 heteroatoms. The van der Waals surface area contributed by atoms with Crippen molar-refractivity contribution >= 4 is 17.5 Å². The third-order valence-electron chi connectivity index (χ3n) is 4.56. The van der Waals surface area contributed by atoms with Gasteiger partial charge in [-0.05, 0) is 31.0 Å². The molecule has 0 saturated carbocycles. The number of amides is 1. The lowest BCUT2D eigenvalue weighted by Gasteiger charge is -2.24. The third-order valence-corrected chi connectivity index (χ3v) is 4.56.